The van der Waals surface area contributed by atoms with Crippen molar-refractivity contribution in [1.82, 2.24) is 0 Å². The van der Waals surface area contributed by atoms with Crippen molar-refractivity contribution in [3.63, 3.8) is 0 Å². The molecular weight excluding hydrogens is 278 g/mol. The summed E-state index contributed by atoms with van der Waals surface area (Å²) in [5, 5.41) is 0. The quantitative estimate of drug-likeness (QED) is 0.550. The molecule has 0 bridgehead atoms. The van der Waals surface area contributed by atoms with Crippen LogP contribution >= 0.6 is 0 Å². The molecule has 0 N–H and O–H groups in total. The number of benzene rings is 2. The molecule has 0 unspecified atom stereocenters. The summed E-state index contributed by atoms with van der Waals surface area (Å²) < 4.78 is 0. The Morgan fingerprint density at radius 3 is 2.09 bits per heavy atom. The fourth-order valence-corrected chi connectivity index (χ4v) is 2.38. The fraction of sp³-hybridized carbons (Fsp3) is 0.0909. The third-order valence-corrected chi connectivity index (χ3v) is 3.45. The van der Waals surface area contributed by atoms with Crippen LogP contribution in [0, 0.1) is 0 Å². The molecule has 2 aromatic carbocycles. The second-order valence-corrected chi connectivity index (χ2v) is 5.08. The Kier molecular flexibility index (Phi) is 6.19. The van der Waals surface area contributed by atoms with Gasteiger partial charge < -0.3 is 4.90 Å². The highest BCUT2D eigenvalue weighted by atomic mass is 15.1. The van der Waals surface area contributed by atoms with E-state index in [9.17, 15) is 0 Å². The first kappa shape index (κ1) is 16.6. The molecule has 0 saturated carbocycles. The summed E-state index contributed by atoms with van der Waals surface area (Å²) >= 11 is 0. The van der Waals surface area contributed by atoms with Gasteiger partial charge >= 0.3 is 0 Å². The molecule has 0 radical (unpaired) electrons. The van der Waals surface area contributed by atoms with Gasteiger partial charge in [-0.25, -0.2) is 0 Å². The molecule has 116 valence electrons. The van der Waals surface area contributed by atoms with E-state index >= 15 is 0 Å². The maximum Gasteiger partial charge on any atom is 0.0462 e. The molecule has 0 aliphatic heterocycles. The highest BCUT2D eigenvalue weighted by Crippen LogP contribution is 2.30. The Hall–Kier alpha value is -2.80. The van der Waals surface area contributed by atoms with Gasteiger partial charge in [0.15, 0.2) is 0 Å². The summed E-state index contributed by atoms with van der Waals surface area (Å²) in [6.45, 7) is 8.02. The molecule has 0 aliphatic rings. The van der Waals surface area contributed by atoms with Gasteiger partial charge in [0.1, 0.15) is 0 Å². The first-order valence-corrected chi connectivity index (χ1v) is 7.83. The van der Waals surface area contributed by atoms with Gasteiger partial charge in [-0.2, -0.15) is 0 Å². The zero-order valence-corrected chi connectivity index (χ0v) is 13.8. The molecule has 2 aromatic rings. The lowest BCUT2D eigenvalue weighted by atomic mass is 10.1. The first-order valence-electron chi connectivity index (χ1n) is 7.83. The lowest BCUT2D eigenvalue weighted by Crippen LogP contribution is -2.14. The maximum atomic E-state index is 3.98. The van der Waals surface area contributed by atoms with Crippen molar-refractivity contribution in [2.24, 2.45) is 0 Å². The summed E-state index contributed by atoms with van der Waals surface area (Å²) in [5.41, 5.74) is 4.46. The van der Waals surface area contributed by atoms with Crippen molar-refractivity contribution in [3.05, 3.63) is 103 Å². The Bertz CT molecular complexity index is 703. The lowest BCUT2D eigenvalue weighted by Gasteiger charge is -2.26. The largest absolute Gasteiger partial charge is 0.311 e. The van der Waals surface area contributed by atoms with Crippen LogP contribution in [0.3, 0.4) is 0 Å². The third kappa shape index (κ3) is 4.33. The van der Waals surface area contributed by atoms with E-state index in [2.05, 4.69) is 60.0 Å². The van der Waals surface area contributed by atoms with Crippen molar-refractivity contribution in [3.8, 4) is 0 Å². The molecule has 0 saturated heterocycles. The van der Waals surface area contributed by atoms with E-state index in [-0.39, 0.29) is 0 Å². The van der Waals surface area contributed by atoms with Crippen LogP contribution in [-0.4, -0.2) is 0 Å². The molecule has 0 heterocycles. The van der Waals surface area contributed by atoms with Gasteiger partial charge in [-0.05, 0) is 55.8 Å². The number of anilines is 2. The van der Waals surface area contributed by atoms with Gasteiger partial charge in [0.25, 0.3) is 0 Å². The standard InChI is InChI=1S/C22H23N/c1-4-7-12-20(6-3)23(21-13-9-8-10-14-21)22-17-15-19(11-5-2)16-18-22/h4-18H,3H2,1-2H3/b7-4-,11-5+,20-12+. The van der Waals surface area contributed by atoms with Gasteiger partial charge in [0.2, 0.25) is 0 Å². The van der Waals surface area contributed by atoms with Crippen LogP contribution in [0.2, 0.25) is 0 Å². The Balaban J connectivity index is 2.51. The minimum absolute atomic E-state index is 1.04. The van der Waals surface area contributed by atoms with E-state index in [1.165, 1.54) is 5.56 Å². The number of nitrogens with zero attached hydrogens (tertiary/aromatic N) is 1. The van der Waals surface area contributed by atoms with E-state index in [0.717, 1.165) is 17.1 Å². The van der Waals surface area contributed by atoms with Crippen LogP contribution in [0.4, 0.5) is 11.4 Å². The summed E-state index contributed by atoms with van der Waals surface area (Å²) in [7, 11) is 0. The molecular formula is C22H23N. The van der Waals surface area contributed by atoms with E-state index in [1.807, 2.05) is 56.4 Å². The normalized spacial score (nSPS) is 12.0. The summed E-state index contributed by atoms with van der Waals surface area (Å²) in [5.74, 6) is 0. The van der Waals surface area contributed by atoms with Crippen molar-refractivity contribution in [2.45, 2.75) is 13.8 Å². The van der Waals surface area contributed by atoms with Crippen LogP contribution < -0.4 is 4.90 Å². The Morgan fingerprint density at radius 1 is 0.870 bits per heavy atom. The van der Waals surface area contributed by atoms with Crippen molar-refractivity contribution in [2.75, 3.05) is 4.90 Å². The lowest BCUT2D eigenvalue weighted by molar-refractivity contribution is 1.21. The topological polar surface area (TPSA) is 3.24 Å². The number of hydrogen-bond donors (Lipinski definition) is 0. The van der Waals surface area contributed by atoms with Gasteiger partial charge in [0, 0.05) is 17.1 Å². The van der Waals surface area contributed by atoms with Gasteiger partial charge in [-0.3, -0.25) is 0 Å². The average molecular weight is 301 g/mol. The second-order valence-electron chi connectivity index (χ2n) is 5.08. The monoisotopic (exact) mass is 301 g/mol. The number of hydrogen-bond acceptors (Lipinski definition) is 1. The predicted molar refractivity (Wildman–Crippen MR) is 103 cm³/mol. The van der Waals surface area contributed by atoms with Crippen molar-refractivity contribution >= 4 is 17.5 Å². The predicted octanol–water partition coefficient (Wildman–Crippen LogP) is 6.50. The number of allylic oxidation sites excluding steroid dienone is 5. The zero-order chi connectivity index (χ0) is 16.5. The summed E-state index contributed by atoms with van der Waals surface area (Å²) in [4.78, 5) is 2.20. The van der Waals surface area contributed by atoms with Crippen molar-refractivity contribution in [1.29, 1.82) is 0 Å². The molecule has 0 atom stereocenters. The number of para-hydroxylation sites is 1. The molecule has 0 amide bonds. The molecule has 0 aromatic heterocycles. The Labute approximate surface area is 139 Å². The number of rotatable bonds is 6. The molecule has 1 nitrogen and oxygen atoms in total. The highest BCUT2D eigenvalue weighted by Gasteiger charge is 2.11. The van der Waals surface area contributed by atoms with Gasteiger partial charge in [0.05, 0.1) is 0 Å². The highest BCUT2D eigenvalue weighted by molar-refractivity contribution is 5.71. The van der Waals surface area contributed by atoms with Gasteiger partial charge in [-0.1, -0.05) is 61.2 Å². The van der Waals surface area contributed by atoms with E-state index in [4.69, 9.17) is 0 Å². The average Bonchev–Trinajstić information content (AvgIpc) is 2.61. The molecule has 23 heavy (non-hydrogen) atoms. The minimum atomic E-state index is 1.04. The SMILES string of the molecule is C=C/C(=C\C=C/C)N(c1ccccc1)c1ccc(/C=C/C)cc1. The molecule has 2 rings (SSSR count). The van der Waals surface area contributed by atoms with Crippen LogP contribution in [-0.2, 0) is 0 Å². The van der Waals surface area contributed by atoms with E-state index < -0.39 is 0 Å². The second kappa shape index (κ2) is 8.60. The minimum Gasteiger partial charge on any atom is -0.311 e. The smallest absolute Gasteiger partial charge is 0.0462 e. The molecule has 0 fully saturated rings. The fourth-order valence-electron chi connectivity index (χ4n) is 2.38. The van der Waals surface area contributed by atoms with E-state index in [0.29, 0.717) is 0 Å². The Morgan fingerprint density at radius 2 is 1.52 bits per heavy atom. The summed E-state index contributed by atoms with van der Waals surface area (Å²) in [6.07, 6.45) is 12.1. The van der Waals surface area contributed by atoms with Crippen LogP contribution in [0.15, 0.2) is 97.3 Å². The van der Waals surface area contributed by atoms with Crippen molar-refractivity contribution < 1.29 is 0 Å². The van der Waals surface area contributed by atoms with Crippen LogP contribution in [0.25, 0.3) is 6.08 Å². The first-order chi connectivity index (χ1) is 11.3. The summed E-state index contributed by atoms with van der Waals surface area (Å²) in [6, 6.07) is 18.9. The van der Waals surface area contributed by atoms with Gasteiger partial charge in [-0.15, -0.1) is 0 Å². The molecule has 0 aliphatic carbocycles. The van der Waals surface area contributed by atoms with Crippen LogP contribution in [0.1, 0.15) is 19.4 Å². The van der Waals surface area contributed by atoms with Crippen LogP contribution in [0.5, 0.6) is 0 Å². The molecule has 0 spiro atoms. The zero-order valence-electron chi connectivity index (χ0n) is 13.8. The van der Waals surface area contributed by atoms with E-state index in [1.54, 1.807) is 0 Å². The third-order valence-electron chi connectivity index (χ3n) is 3.45. The molecule has 1 heteroatoms. The maximum absolute atomic E-state index is 3.98.